The van der Waals surface area contributed by atoms with Crippen molar-refractivity contribution in [1.29, 1.82) is 0 Å². The fraction of sp³-hybridized carbons (Fsp3) is 0.0714. The minimum Gasteiger partial charge on any atom is -0.305 e. The number of carbonyl (C=O) groups excluding carboxylic acids is 1. The Morgan fingerprint density at radius 3 is 2.81 bits per heavy atom. The van der Waals surface area contributed by atoms with Crippen molar-refractivity contribution >= 4 is 51.5 Å². The van der Waals surface area contributed by atoms with Crippen LogP contribution in [0.5, 0.6) is 0 Å². The van der Waals surface area contributed by atoms with Gasteiger partial charge in [0.2, 0.25) is 0 Å². The van der Waals surface area contributed by atoms with Crippen molar-refractivity contribution < 1.29 is 4.79 Å². The highest BCUT2D eigenvalue weighted by molar-refractivity contribution is 7.14. The van der Waals surface area contributed by atoms with Crippen molar-refractivity contribution in [2.24, 2.45) is 0 Å². The van der Waals surface area contributed by atoms with Crippen LogP contribution in [-0.2, 0) is 0 Å². The standard InChI is InChI=1S/C14H12N4OS.ClH/c1-9-7-12(20-8-9)18-14(19)17-11-4-6-15-10-3-2-5-16-13(10)11;/h2-8H,1H3,(H2,15,17,18,19);1H. The van der Waals surface area contributed by atoms with E-state index >= 15 is 0 Å². The smallest absolute Gasteiger partial charge is 0.305 e. The molecule has 0 aliphatic carbocycles. The predicted molar refractivity (Wildman–Crippen MR) is 88.5 cm³/mol. The molecule has 7 heteroatoms. The molecule has 5 nitrogen and oxygen atoms in total. The number of aromatic nitrogens is 2. The zero-order valence-electron chi connectivity index (χ0n) is 11.2. The predicted octanol–water partition coefficient (Wildman–Crippen LogP) is 4.07. The van der Waals surface area contributed by atoms with Crippen LogP contribution in [0.25, 0.3) is 11.0 Å². The molecule has 0 fully saturated rings. The lowest BCUT2D eigenvalue weighted by Gasteiger charge is -2.07. The number of amides is 2. The maximum atomic E-state index is 12.0. The quantitative estimate of drug-likeness (QED) is 0.748. The molecule has 3 aromatic heterocycles. The number of thiophene rings is 1. The molecular formula is C14H13ClN4OS. The molecule has 0 atom stereocenters. The summed E-state index contributed by atoms with van der Waals surface area (Å²) in [6, 6.07) is 7.04. The fourth-order valence-electron chi connectivity index (χ4n) is 1.84. The molecule has 0 radical (unpaired) electrons. The second-order valence-electron chi connectivity index (χ2n) is 4.30. The summed E-state index contributed by atoms with van der Waals surface area (Å²) in [4.78, 5) is 20.4. The number of carbonyl (C=O) groups is 1. The SMILES string of the molecule is Cc1csc(NC(=O)Nc2ccnc3cccnc23)c1.Cl. The van der Waals surface area contributed by atoms with Gasteiger partial charge < -0.3 is 5.32 Å². The van der Waals surface area contributed by atoms with Crippen molar-refractivity contribution in [3.63, 3.8) is 0 Å². The fourth-order valence-corrected chi connectivity index (χ4v) is 2.63. The molecule has 0 saturated heterocycles. The van der Waals surface area contributed by atoms with Gasteiger partial charge in [0, 0.05) is 12.4 Å². The molecule has 0 aliphatic rings. The van der Waals surface area contributed by atoms with Gasteiger partial charge in [-0.1, -0.05) is 0 Å². The number of anilines is 2. The van der Waals surface area contributed by atoms with E-state index in [0.717, 1.165) is 16.1 Å². The molecule has 2 N–H and O–H groups in total. The summed E-state index contributed by atoms with van der Waals surface area (Å²) in [7, 11) is 0. The molecule has 0 spiro atoms. The second kappa shape index (κ2) is 6.51. The van der Waals surface area contributed by atoms with Crippen LogP contribution in [0.4, 0.5) is 15.5 Å². The topological polar surface area (TPSA) is 66.9 Å². The Morgan fingerprint density at radius 2 is 2.05 bits per heavy atom. The monoisotopic (exact) mass is 320 g/mol. The van der Waals surface area contributed by atoms with Gasteiger partial charge in [-0.25, -0.2) is 4.79 Å². The van der Waals surface area contributed by atoms with Gasteiger partial charge in [0.1, 0.15) is 5.52 Å². The summed E-state index contributed by atoms with van der Waals surface area (Å²) in [5.74, 6) is 0. The van der Waals surface area contributed by atoms with Gasteiger partial charge in [0.25, 0.3) is 0 Å². The van der Waals surface area contributed by atoms with E-state index in [4.69, 9.17) is 0 Å². The highest BCUT2D eigenvalue weighted by Crippen LogP contribution is 2.21. The lowest BCUT2D eigenvalue weighted by molar-refractivity contribution is 0.262. The van der Waals surface area contributed by atoms with Crippen LogP contribution in [0.1, 0.15) is 5.56 Å². The van der Waals surface area contributed by atoms with E-state index in [0.29, 0.717) is 11.2 Å². The Balaban J connectivity index is 0.00000161. The lowest BCUT2D eigenvalue weighted by Crippen LogP contribution is -2.19. The molecule has 0 unspecified atom stereocenters. The average Bonchev–Trinajstić information content (AvgIpc) is 2.84. The van der Waals surface area contributed by atoms with Crippen LogP contribution in [0, 0.1) is 6.92 Å². The van der Waals surface area contributed by atoms with Crippen molar-refractivity contribution in [2.45, 2.75) is 6.92 Å². The number of aryl methyl sites for hydroxylation is 1. The lowest BCUT2D eigenvalue weighted by atomic mass is 10.3. The highest BCUT2D eigenvalue weighted by Gasteiger charge is 2.08. The Labute approximate surface area is 131 Å². The molecule has 0 aliphatic heterocycles. The van der Waals surface area contributed by atoms with E-state index < -0.39 is 0 Å². The van der Waals surface area contributed by atoms with Gasteiger partial charge in [-0.05, 0) is 42.1 Å². The first kappa shape index (κ1) is 15.2. The number of rotatable bonds is 2. The van der Waals surface area contributed by atoms with Crippen molar-refractivity contribution in [3.8, 4) is 0 Å². The Bertz CT molecular complexity index is 769. The molecular weight excluding hydrogens is 308 g/mol. The molecule has 108 valence electrons. The highest BCUT2D eigenvalue weighted by atomic mass is 35.5. The van der Waals surface area contributed by atoms with Gasteiger partial charge in [-0.3, -0.25) is 15.3 Å². The Kier molecular flexibility index (Phi) is 4.72. The van der Waals surface area contributed by atoms with Gasteiger partial charge in [-0.2, -0.15) is 0 Å². The number of pyridine rings is 2. The Hall–Kier alpha value is -2.18. The van der Waals surface area contributed by atoms with Gasteiger partial charge in [0.05, 0.1) is 16.2 Å². The van der Waals surface area contributed by atoms with E-state index in [-0.39, 0.29) is 18.4 Å². The average molecular weight is 321 g/mol. The number of nitrogens with zero attached hydrogens (tertiary/aromatic N) is 2. The Morgan fingerprint density at radius 1 is 1.19 bits per heavy atom. The zero-order chi connectivity index (χ0) is 13.9. The number of hydrogen-bond acceptors (Lipinski definition) is 4. The van der Waals surface area contributed by atoms with Crippen molar-refractivity contribution in [1.82, 2.24) is 9.97 Å². The molecule has 2 amide bonds. The molecule has 21 heavy (non-hydrogen) atoms. The van der Waals surface area contributed by atoms with E-state index in [1.165, 1.54) is 11.3 Å². The maximum absolute atomic E-state index is 12.0. The number of urea groups is 1. The summed E-state index contributed by atoms with van der Waals surface area (Å²) < 4.78 is 0. The third-order valence-electron chi connectivity index (χ3n) is 2.71. The van der Waals surface area contributed by atoms with E-state index in [9.17, 15) is 4.79 Å². The summed E-state index contributed by atoms with van der Waals surface area (Å²) in [5, 5.41) is 8.39. The first-order valence-corrected chi connectivity index (χ1v) is 6.93. The third kappa shape index (κ3) is 3.48. The minimum absolute atomic E-state index is 0. The summed E-state index contributed by atoms with van der Waals surface area (Å²) in [5.41, 5.74) is 3.19. The first-order valence-electron chi connectivity index (χ1n) is 6.05. The summed E-state index contributed by atoms with van der Waals surface area (Å²) in [6.45, 7) is 1.99. The summed E-state index contributed by atoms with van der Waals surface area (Å²) in [6.07, 6.45) is 3.32. The van der Waals surface area contributed by atoms with Gasteiger partial charge >= 0.3 is 6.03 Å². The van der Waals surface area contributed by atoms with E-state index in [1.54, 1.807) is 18.5 Å². The first-order chi connectivity index (χ1) is 9.72. The number of fused-ring (bicyclic) bond motifs is 1. The third-order valence-corrected chi connectivity index (χ3v) is 3.68. The van der Waals surface area contributed by atoms with E-state index in [1.807, 2.05) is 30.5 Å². The maximum Gasteiger partial charge on any atom is 0.324 e. The van der Waals surface area contributed by atoms with Gasteiger partial charge in [-0.15, -0.1) is 23.7 Å². The van der Waals surface area contributed by atoms with Crippen molar-refractivity contribution in [2.75, 3.05) is 10.6 Å². The number of halogens is 1. The normalized spacial score (nSPS) is 9.95. The number of hydrogen-bond donors (Lipinski definition) is 2. The molecule has 0 aromatic carbocycles. The van der Waals surface area contributed by atoms with Crippen LogP contribution in [0.2, 0.25) is 0 Å². The largest absolute Gasteiger partial charge is 0.324 e. The summed E-state index contributed by atoms with van der Waals surface area (Å²) >= 11 is 1.49. The van der Waals surface area contributed by atoms with Crippen LogP contribution in [-0.4, -0.2) is 16.0 Å². The van der Waals surface area contributed by atoms with Crippen LogP contribution >= 0.6 is 23.7 Å². The minimum atomic E-state index is -0.287. The zero-order valence-corrected chi connectivity index (χ0v) is 12.8. The van der Waals surface area contributed by atoms with Gasteiger partial charge in [0.15, 0.2) is 0 Å². The number of nitrogens with one attached hydrogen (secondary N) is 2. The van der Waals surface area contributed by atoms with E-state index in [2.05, 4.69) is 20.6 Å². The molecule has 0 bridgehead atoms. The van der Waals surface area contributed by atoms with Crippen molar-refractivity contribution in [3.05, 3.63) is 47.6 Å². The van der Waals surface area contributed by atoms with Crippen LogP contribution in [0.15, 0.2) is 42.0 Å². The molecule has 3 rings (SSSR count). The molecule has 3 aromatic rings. The molecule has 3 heterocycles. The van der Waals surface area contributed by atoms with Crippen LogP contribution < -0.4 is 10.6 Å². The van der Waals surface area contributed by atoms with Crippen LogP contribution in [0.3, 0.4) is 0 Å². The molecule has 0 saturated carbocycles. The second-order valence-corrected chi connectivity index (χ2v) is 5.21.